The molecular formula is C20H14F5N5O5. The van der Waals surface area contributed by atoms with Crippen LogP contribution in [0, 0.1) is 0 Å². The third-order valence-electron chi connectivity index (χ3n) is 4.82. The zero-order chi connectivity index (χ0) is 25.3. The molecule has 2 N–H and O–H groups in total. The summed E-state index contributed by atoms with van der Waals surface area (Å²) < 4.78 is 80.5. The number of carbonyl (C=O) groups is 1. The number of esters is 1. The maximum absolute atomic E-state index is 12.9. The highest BCUT2D eigenvalue weighted by Gasteiger charge is 2.42. The third kappa shape index (κ3) is 4.84. The number of hydrogen-bond acceptors (Lipinski definition) is 8. The Morgan fingerprint density at radius 1 is 1.06 bits per heavy atom. The van der Waals surface area contributed by atoms with E-state index in [4.69, 9.17) is 15.2 Å². The molecule has 0 atom stereocenters. The van der Waals surface area contributed by atoms with Crippen molar-refractivity contribution in [3.05, 3.63) is 58.5 Å². The van der Waals surface area contributed by atoms with Gasteiger partial charge < -0.3 is 19.9 Å². The molecule has 0 unspecified atom stereocenters. The number of alkyl halides is 3. The van der Waals surface area contributed by atoms with Gasteiger partial charge in [-0.15, -0.1) is 0 Å². The van der Waals surface area contributed by atoms with Crippen LogP contribution in [0.15, 0.2) is 52.8 Å². The van der Waals surface area contributed by atoms with Gasteiger partial charge in [0.25, 0.3) is 6.08 Å². The van der Waals surface area contributed by atoms with Crippen LogP contribution in [0.1, 0.15) is 0 Å². The van der Waals surface area contributed by atoms with Gasteiger partial charge in [-0.05, 0) is 45.8 Å². The van der Waals surface area contributed by atoms with E-state index < -0.39 is 48.3 Å². The van der Waals surface area contributed by atoms with E-state index in [-0.39, 0.29) is 12.5 Å². The highest BCUT2D eigenvalue weighted by Crippen LogP contribution is 2.37. The zero-order valence-electron chi connectivity index (χ0n) is 17.4. The SMILES string of the molecule is NCC(Cn1nnn(-c2ccc(-c3ccc4c(c3)OCO4)cc2OC(=O)C(F)(F)F)c1=O)=C(F)F. The Bertz CT molecular complexity index is 1380. The first kappa shape index (κ1) is 23.9. The molecule has 1 aliphatic rings. The van der Waals surface area contributed by atoms with Gasteiger partial charge in [-0.1, -0.05) is 12.1 Å². The molecule has 4 rings (SSSR count). The molecule has 2 heterocycles. The Balaban J connectivity index is 1.78. The van der Waals surface area contributed by atoms with Gasteiger partial charge in [0, 0.05) is 12.1 Å². The van der Waals surface area contributed by atoms with Crippen LogP contribution in [0.4, 0.5) is 22.0 Å². The lowest BCUT2D eigenvalue weighted by Gasteiger charge is -2.13. The molecule has 184 valence electrons. The first-order chi connectivity index (χ1) is 16.6. The molecule has 0 aliphatic carbocycles. The predicted molar refractivity (Wildman–Crippen MR) is 107 cm³/mol. The van der Waals surface area contributed by atoms with Crippen molar-refractivity contribution in [2.75, 3.05) is 13.3 Å². The van der Waals surface area contributed by atoms with E-state index in [9.17, 15) is 31.5 Å². The summed E-state index contributed by atoms with van der Waals surface area (Å²) >= 11 is 0. The van der Waals surface area contributed by atoms with Gasteiger partial charge in [0.05, 0.1) is 6.54 Å². The Hall–Kier alpha value is -4.27. The van der Waals surface area contributed by atoms with Crippen LogP contribution < -0.4 is 25.6 Å². The summed E-state index contributed by atoms with van der Waals surface area (Å²) in [5, 5.41) is 6.96. The van der Waals surface area contributed by atoms with E-state index in [1.54, 1.807) is 18.2 Å². The number of benzene rings is 2. The number of nitrogens with zero attached hydrogens (tertiary/aromatic N) is 4. The van der Waals surface area contributed by atoms with Crippen molar-refractivity contribution in [1.82, 2.24) is 19.8 Å². The van der Waals surface area contributed by atoms with Gasteiger partial charge in [-0.2, -0.15) is 31.3 Å². The maximum Gasteiger partial charge on any atom is 0.491 e. The number of nitrogens with two attached hydrogens (primary N) is 1. The number of hydrogen-bond donors (Lipinski definition) is 1. The number of ether oxygens (including phenoxy) is 3. The van der Waals surface area contributed by atoms with Gasteiger partial charge >= 0.3 is 17.8 Å². The smallest absolute Gasteiger partial charge is 0.454 e. The lowest BCUT2D eigenvalue weighted by atomic mass is 10.0. The lowest BCUT2D eigenvalue weighted by Crippen LogP contribution is -2.30. The molecule has 1 aliphatic heterocycles. The van der Waals surface area contributed by atoms with Crippen molar-refractivity contribution >= 4 is 5.97 Å². The van der Waals surface area contributed by atoms with Crippen molar-refractivity contribution < 1.29 is 41.0 Å². The predicted octanol–water partition coefficient (Wildman–Crippen LogP) is 2.40. The molecule has 2 aromatic carbocycles. The molecule has 3 aromatic rings. The summed E-state index contributed by atoms with van der Waals surface area (Å²) in [6, 6.07) is 8.38. The minimum atomic E-state index is -5.34. The fourth-order valence-corrected chi connectivity index (χ4v) is 3.09. The molecule has 1 aromatic heterocycles. The highest BCUT2D eigenvalue weighted by atomic mass is 19.4. The van der Waals surface area contributed by atoms with Crippen LogP contribution in [0.3, 0.4) is 0 Å². The van der Waals surface area contributed by atoms with Gasteiger partial charge in [-0.25, -0.2) is 9.59 Å². The number of aromatic nitrogens is 4. The molecule has 0 radical (unpaired) electrons. The van der Waals surface area contributed by atoms with E-state index >= 15 is 0 Å². The second-order valence-electron chi connectivity index (χ2n) is 7.04. The normalized spacial score (nSPS) is 12.5. The second-order valence-corrected chi connectivity index (χ2v) is 7.04. The standard InChI is InChI=1S/C20H14F5N5O5/c21-17(22)12(7-26)8-29-19(32)30(28-27-29)13-3-1-10(5-15(13)35-18(31)20(23,24)25)11-2-4-14-16(6-11)34-9-33-14/h1-6H,7-9,26H2. The molecule has 0 amide bonds. The number of tetrazole rings is 1. The number of halogens is 5. The fourth-order valence-electron chi connectivity index (χ4n) is 3.09. The molecule has 0 saturated heterocycles. The first-order valence-corrected chi connectivity index (χ1v) is 9.68. The average Bonchev–Trinajstić information content (AvgIpc) is 3.42. The summed E-state index contributed by atoms with van der Waals surface area (Å²) in [4.78, 5) is 24.2. The van der Waals surface area contributed by atoms with E-state index in [1.165, 1.54) is 6.07 Å². The summed E-state index contributed by atoms with van der Waals surface area (Å²) in [5.74, 6) is -2.37. The Morgan fingerprint density at radius 3 is 2.43 bits per heavy atom. The molecule has 15 heteroatoms. The first-order valence-electron chi connectivity index (χ1n) is 9.68. The van der Waals surface area contributed by atoms with Crippen molar-refractivity contribution in [2.45, 2.75) is 12.7 Å². The quantitative estimate of drug-likeness (QED) is 0.312. The average molecular weight is 499 g/mol. The van der Waals surface area contributed by atoms with Gasteiger partial charge in [0.15, 0.2) is 17.2 Å². The van der Waals surface area contributed by atoms with Crippen LogP contribution in [-0.4, -0.2) is 45.3 Å². The zero-order valence-corrected chi connectivity index (χ0v) is 17.4. The van der Waals surface area contributed by atoms with Crippen LogP contribution in [0.5, 0.6) is 17.2 Å². The van der Waals surface area contributed by atoms with Crippen molar-refractivity contribution in [1.29, 1.82) is 0 Å². The summed E-state index contributed by atoms with van der Waals surface area (Å²) in [6.45, 7) is -1.27. The molecule has 0 spiro atoms. The van der Waals surface area contributed by atoms with Gasteiger partial charge in [0.2, 0.25) is 6.79 Å². The summed E-state index contributed by atoms with van der Waals surface area (Å²) in [7, 11) is 0. The van der Waals surface area contributed by atoms with Crippen molar-refractivity contribution in [3.8, 4) is 34.1 Å². The number of rotatable bonds is 6. The third-order valence-corrected chi connectivity index (χ3v) is 4.82. The van der Waals surface area contributed by atoms with Crippen LogP contribution >= 0.6 is 0 Å². The maximum atomic E-state index is 12.9. The second kappa shape index (κ2) is 9.17. The number of fused-ring (bicyclic) bond motifs is 1. The largest absolute Gasteiger partial charge is 0.491 e. The van der Waals surface area contributed by atoms with Crippen molar-refractivity contribution in [3.63, 3.8) is 0 Å². The van der Waals surface area contributed by atoms with E-state index in [1.807, 2.05) is 0 Å². The molecule has 35 heavy (non-hydrogen) atoms. The minimum absolute atomic E-state index is 0.00187. The molecule has 10 nitrogen and oxygen atoms in total. The molecule has 0 bridgehead atoms. The monoisotopic (exact) mass is 499 g/mol. The number of carbonyl (C=O) groups excluding carboxylic acids is 1. The van der Waals surface area contributed by atoms with Crippen molar-refractivity contribution in [2.24, 2.45) is 5.73 Å². The molecule has 0 fully saturated rings. The minimum Gasteiger partial charge on any atom is -0.454 e. The van der Waals surface area contributed by atoms with E-state index in [0.717, 1.165) is 12.1 Å². The highest BCUT2D eigenvalue weighted by molar-refractivity contribution is 5.80. The topological polar surface area (TPSA) is 123 Å². The van der Waals surface area contributed by atoms with Gasteiger partial charge in [0.1, 0.15) is 5.69 Å². The van der Waals surface area contributed by atoms with E-state index in [0.29, 0.717) is 32.0 Å². The van der Waals surface area contributed by atoms with Crippen LogP contribution in [0.25, 0.3) is 16.8 Å². The fraction of sp³-hybridized carbons (Fsp3) is 0.200. The summed E-state index contributed by atoms with van der Waals surface area (Å²) in [5.41, 5.74) is 3.92. The molecule has 0 saturated carbocycles. The van der Waals surface area contributed by atoms with Gasteiger partial charge in [-0.3, -0.25) is 0 Å². The Labute approximate surface area is 191 Å². The Morgan fingerprint density at radius 2 is 1.74 bits per heavy atom. The van der Waals surface area contributed by atoms with Crippen LogP contribution in [0.2, 0.25) is 0 Å². The van der Waals surface area contributed by atoms with E-state index in [2.05, 4.69) is 15.2 Å². The lowest BCUT2D eigenvalue weighted by molar-refractivity contribution is -0.189. The summed E-state index contributed by atoms with van der Waals surface area (Å²) in [6.07, 6.45) is -7.45. The molecular weight excluding hydrogens is 485 g/mol. The van der Waals surface area contributed by atoms with Crippen LogP contribution in [-0.2, 0) is 11.3 Å². The Kier molecular flexibility index (Phi) is 6.26.